The number of rotatable bonds is 9. The second-order valence-corrected chi connectivity index (χ2v) is 7.95. The number of likely N-dealkylation sites (N-methyl/N-ethyl adjacent to an activating group) is 1. The molecule has 2 aromatic rings. The van der Waals surface area contributed by atoms with E-state index in [0.717, 1.165) is 22.3 Å². The van der Waals surface area contributed by atoms with Crippen LogP contribution in [-0.4, -0.2) is 53.2 Å². The Morgan fingerprint density at radius 1 is 1.03 bits per heavy atom. The Hall–Kier alpha value is -3.35. The normalized spacial score (nSPS) is 14.1. The van der Waals surface area contributed by atoms with Crippen LogP contribution in [0.25, 0.3) is 11.1 Å². The summed E-state index contributed by atoms with van der Waals surface area (Å²) in [5.74, 6) is -1.58. The Morgan fingerprint density at radius 3 is 2.09 bits per heavy atom. The molecule has 1 aliphatic rings. The van der Waals surface area contributed by atoms with E-state index in [4.69, 9.17) is 4.74 Å². The molecule has 0 saturated carbocycles. The van der Waals surface area contributed by atoms with Crippen molar-refractivity contribution >= 4 is 18.0 Å². The molecule has 2 unspecified atom stereocenters. The van der Waals surface area contributed by atoms with Gasteiger partial charge in [0.05, 0.1) is 0 Å². The number of carbonyl (C=O) groups excluding carboxylic acids is 2. The maximum Gasteiger partial charge on any atom is 0.407 e. The maximum atomic E-state index is 12.9. The summed E-state index contributed by atoms with van der Waals surface area (Å²) in [6.07, 6.45) is 0.364. The van der Waals surface area contributed by atoms with Crippen molar-refractivity contribution in [3.8, 4) is 11.1 Å². The SMILES string of the molecule is CCCC(NC(=O)OCC1c2ccccc2-c2ccccc21)C(=O)N(CC)C(C)C(=O)O. The lowest BCUT2D eigenvalue weighted by Crippen LogP contribution is -2.53. The van der Waals surface area contributed by atoms with E-state index in [1.807, 2.05) is 43.3 Å². The van der Waals surface area contributed by atoms with Crippen molar-refractivity contribution < 1.29 is 24.2 Å². The number of hydrogen-bond donors (Lipinski definition) is 2. The third-order valence-electron chi connectivity index (χ3n) is 5.96. The molecule has 0 fully saturated rings. The van der Waals surface area contributed by atoms with Crippen molar-refractivity contribution in [3.05, 3.63) is 59.7 Å². The zero-order valence-corrected chi connectivity index (χ0v) is 18.7. The number of nitrogens with one attached hydrogen (secondary N) is 1. The standard InChI is InChI=1S/C25H30N2O5/c1-4-10-22(23(28)27(5-2)16(3)24(29)30)26-25(31)32-15-21-19-13-8-6-11-17(19)18-12-7-9-14-20(18)21/h6-9,11-14,16,21-22H,4-5,10,15H2,1-3H3,(H,26,31)(H,29,30). The molecule has 170 valence electrons. The van der Waals surface area contributed by atoms with Crippen molar-refractivity contribution in [2.45, 2.75) is 51.6 Å². The van der Waals surface area contributed by atoms with Gasteiger partial charge in [-0.25, -0.2) is 9.59 Å². The summed E-state index contributed by atoms with van der Waals surface area (Å²) in [5.41, 5.74) is 4.49. The first-order chi connectivity index (χ1) is 15.4. The van der Waals surface area contributed by atoms with Gasteiger partial charge in [0.25, 0.3) is 0 Å². The van der Waals surface area contributed by atoms with Gasteiger partial charge < -0.3 is 20.1 Å². The van der Waals surface area contributed by atoms with Crippen LogP contribution >= 0.6 is 0 Å². The van der Waals surface area contributed by atoms with Crippen LogP contribution in [0.5, 0.6) is 0 Å². The van der Waals surface area contributed by atoms with Gasteiger partial charge in [-0.1, -0.05) is 61.9 Å². The maximum absolute atomic E-state index is 12.9. The topological polar surface area (TPSA) is 95.9 Å². The molecule has 7 nitrogen and oxygen atoms in total. The number of nitrogens with zero attached hydrogens (tertiary/aromatic N) is 1. The van der Waals surface area contributed by atoms with Crippen LogP contribution < -0.4 is 5.32 Å². The van der Waals surface area contributed by atoms with Gasteiger partial charge >= 0.3 is 12.1 Å². The number of carboxylic acid groups (broad SMARTS) is 1. The average Bonchev–Trinajstić information content (AvgIpc) is 3.11. The molecule has 1 aliphatic carbocycles. The molecule has 0 radical (unpaired) electrons. The largest absolute Gasteiger partial charge is 0.480 e. The molecule has 7 heteroatoms. The highest BCUT2D eigenvalue weighted by molar-refractivity contribution is 5.89. The van der Waals surface area contributed by atoms with Crippen molar-refractivity contribution in [2.75, 3.05) is 13.2 Å². The third-order valence-corrected chi connectivity index (χ3v) is 5.96. The van der Waals surface area contributed by atoms with E-state index in [-0.39, 0.29) is 19.1 Å². The van der Waals surface area contributed by atoms with Gasteiger partial charge in [-0.15, -0.1) is 0 Å². The molecular weight excluding hydrogens is 408 g/mol. The van der Waals surface area contributed by atoms with E-state index >= 15 is 0 Å². The van der Waals surface area contributed by atoms with E-state index in [2.05, 4.69) is 17.4 Å². The number of benzene rings is 2. The van der Waals surface area contributed by atoms with Gasteiger partial charge in [0.2, 0.25) is 5.91 Å². The fraction of sp³-hybridized carbons (Fsp3) is 0.400. The lowest BCUT2D eigenvalue weighted by Gasteiger charge is -2.29. The number of aliphatic carboxylic acids is 1. The Bertz CT molecular complexity index is 944. The van der Waals surface area contributed by atoms with Crippen LogP contribution in [0.4, 0.5) is 4.79 Å². The zero-order valence-electron chi connectivity index (χ0n) is 18.7. The molecule has 0 saturated heterocycles. The van der Waals surface area contributed by atoms with E-state index < -0.39 is 30.1 Å². The first-order valence-electron chi connectivity index (χ1n) is 11.0. The number of ether oxygens (including phenoxy) is 1. The molecule has 0 spiro atoms. The number of amides is 2. The van der Waals surface area contributed by atoms with Gasteiger partial charge in [-0.3, -0.25) is 4.79 Å². The summed E-state index contributed by atoms with van der Waals surface area (Å²) in [6, 6.07) is 14.3. The second-order valence-electron chi connectivity index (χ2n) is 7.95. The molecular formula is C25H30N2O5. The van der Waals surface area contributed by atoms with Crippen LogP contribution in [-0.2, 0) is 14.3 Å². The predicted octanol–water partition coefficient (Wildman–Crippen LogP) is 4.02. The lowest BCUT2D eigenvalue weighted by molar-refractivity contribution is -0.150. The van der Waals surface area contributed by atoms with Crippen LogP contribution in [0.3, 0.4) is 0 Å². The minimum Gasteiger partial charge on any atom is -0.480 e. The Labute approximate surface area is 188 Å². The van der Waals surface area contributed by atoms with Crippen molar-refractivity contribution in [2.24, 2.45) is 0 Å². The molecule has 2 amide bonds. The smallest absolute Gasteiger partial charge is 0.407 e. The Morgan fingerprint density at radius 2 is 1.59 bits per heavy atom. The van der Waals surface area contributed by atoms with Gasteiger partial charge in [0, 0.05) is 12.5 Å². The van der Waals surface area contributed by atoms with Crippen LogP contribution in [0.1, 0.15) is 50.7 Å². The predicted molar refractivity (Wildman–Crippen MR) is 121 cm³/mol. The minimum absolute atomic E-state index is 0.0763. The van der Waals surface area contributed by atoms with Gasteiger partial charge in [0.1, 0.15) is 18.7 Å². The van der Waals surface area contributed by atoms with Crippen LogP contribution in [0, 0.1) is 0 Å². The Balaban J connectivity index is 1.69. The molecule has 2 N–H and O–H groups in total. The van der Waals surface area contributed by atoms with Crippen molar-refractivity contribution in [1.29, 1.82) is 0 Å². The van der Waals surface area contributed by atoms with E-state index in [1.165, 1.54) is 11.8 Å². The highest BCUT2D eigenvalue weighted by Gasteiger charge is 2.32. The first kappa shape index (κ1) is 23.3. The minimum atomic E-state index is -1.09. The summed E-state index contributed by atoms with van der Waals surface area (Å²) >= 11 is 0. The number of hydrogen-bond acceptors (Lipinski definition) is 4. The van der Waals surface area contributed by atoms with Gasteiger partial charge in [-0.05, 0) is 42.5 Å². The van der Waals surface area contributed by atoms with Crippen LogP contribution in [0.15, 0.2) is 48.5 Å². The highest BCUT2D eigenvalue weighted by atomic mass is 16.5. The highest BCUT2D eigenvalue weighted by Crippen LogP contribution is 2.44. The summed E-state index contributed by atoms with van der Waals surface area (Å²) in [6.45, 7) is 5.46. The molecule has 0 heterocycles. The van der Waals surface area contributed by atoms with E-state index in [0.29, 0.717) is 12.8 Å². The summed E-state index contributed by atoms with van der Waals surface area (Å²) in [7, 11) is 0. The Kier molecular flexibility index (Phi) is 7.51. The molecule has 2 atom stereocenters. The monoisotopic (exact) mass is 438 g/mol. The third kappa shape index (κ3) is 4.77. The number of carbonyl (C=O) groups is 3. The molecule has 3 rings (SSSR count). The fourth-order valence-electron chi connectivity index (χ4n) is 4.28. The van der Waals surface area contributed by atoms with Gasteiger partial charge in [-0.2, -0.15) is 0 Å². The van der Waals surface area contributed by atoms with Crippen molar-refractivity contribution in [1.82, 2.24) is 10.2 Å². The van der Waals surface area contributed by atoms with Crippen LogP contribution in [0.2, 0.25) is 0 Å². The molecule has 2 aromatic carbocycles. The first-order valence-corrected chi connectivity index (χ1v) is 11.0. The molecule has 0 aromatic heterocycles. The van der Waals surface area contributed by atoms with E-state index in [9.17, 15) is 19.5 Å². The molecule has 32 heavy (non-hydrogen) atoms. The second kappa shape index (κ2) is 10.3. The molecule has 0 aliphatic heterocycles. The molecule has 0 bridgehead atoms. The average molecular weight is 439 g/mol. The summed E-state index contributed by atoms with van der Waals surface area (Å²) < 4.78 is 5.55. The summed E-state index contributed by atoms with van der Waals surface area (Å²) in [4.78, 5) is 38.1. The van der Waals surface area contributed by atoms with Crippen molar-refractivity contribution in [3.63, 3.8) is 0 Å². The zero-order chi connectivity index (χ0) is 23.3. The number of carboxylic acids is 1. The quantitative estimate of drug-likeness (QED) is 0.617. The summed E-state index contributed by atoms with van der Waals surface area (Å²) in [5, 5.41) is 11.9. The van der Waals surface area contributed by atoms with Gasteiger partial charge in [0.15, 0.2) is 0 Å². The number of alkyl carbamates (subject to hydrolysis) is 1. The fourth-order valence-corrected chi connectivity index (χ4v) is 4.28. The lowest BCUT2D eigenvalue weighted by atomic mass is 9.98. The van der Waals surface area contributed by atoms with E-state index in [1.54, 1.807) is 6.92 Å². The number of fused-ring (bicyclic) bond motifs is 3.